The van der Waals surface area contributed by atoms with Crippen LogP contribution in [0.25, 0.3) is 10.9 Å². The molecule has 2 N–H and O–H groups in total. The predicted octanol–water partition coefficient (Wildman–Crippen LogP) is 2.51. The topological polar surface area (TPSA) is 75.2 Å². The Labute approximate surface area is 152 Å². The molecule has 0 radical (unpaired) electrons. The van der Waals surface area contributed by atoms with E-state index in [4.69, 9.17) is 4.74 Å². The molecule has 1 fully saturated rings. The first kappa shape index (κ1) is 16.7. The van der Waals surface area contributed by atoms with Gasteiger partial charge < -0.3 is 15.4 Å². The average Bonchev–Trinajstić information content (AvgIpc) is 2.70. The largest absolute Gasteiger partial charge is 0.379 e. The first-order chi connectivity index (χ1) is 12.9. The van der Waals surface area contributed by atoms with Gasteiger partial charge in [-0.2, -0.15) is 4.98 Å². The lowest BCUT2D eigenvalue weighted by Gasteiger charge is -2.26. The van der Waals surface area contributed by atoms with Gasteiger partial charge in [-0.15, -0.1) is 0 Å². The molecule has 7 heteroatoms. The summed E-state index contributed by atoms with van der Waals surface area (Å²) < 4.78 is 5.37. The first-order valence-electron chi connectivity index (χ1n) is 8.86. The van der Waals surface area contributed by atoms with Gasteiger partial charge in [-0.1, -0.05) is 18.2 Å². The van der Waals surface area contributed by atoms with Crippen LogP contribution in [0.5, 0.6) is 0 Å². The van der Waals surface area contributed by atoms with Crippen molar-refractivity contribution in [3.63, 3.8) is 0 Å². The molecule has 4 rings (SSSR count). The smallest absolute Gasteiger partial charge is 0.224 e. The number of benzene rings is 1. The van der Waals surface area contributed by atoms with Crippen molar-refractivity contribution in [3.8, 4) is 0 Å². The third-order valence-corrected chi connectivity index (χ3v) is 4.37. The van der Waals surface area contributed by atoms with Crippen LogP contribution in [0.2, 0.25) is 0 Å². The quantitative estimate of drug-likeness (QED) is 0.707. The van der Waals surface area contributed by atoms with E-state index in [1.807, 2.05) is 36.4 Å². The molecule has 7 nitrogen and oxygen atoms in total. The number of ether oxygens (including phenoxy) is 1. The molecule has 26 heavy (non-hydrogen) atoms. The zero-order valence-electron chi connectivity index (χ0n) is 14.6. The van der Waals surface area contributed by atoms with Crippen molar-refractivity contribution in [1.29, 1.82) is 0 Å². The van der Waals surface area contributed by atoms with Gasteiger partial charge in [-0.05, 0) is 18.2 Å². The SMILES string of the molecule is c1cnc2c(Nc3ccnc(NCCN4CCOCC4)n3)cccc2c1. The highest BCUT2D eigenvalue weighted by atomic mass is 16.5. The monoisotopic (exact) mass is 350 g/mol. The fourth-order valence-electron chi connectivity index (χ4n) is 3.01. The molecular formula is C19H22N6O. The molecule has 0 aliphatic carbocycles. The Morgan fingerprint density at radius 1 is 1.00 bits per heavy atom. The summed E-state index contributed by atoms with van der Waals surface area (Å²) in [5.74, 6) is 1.36. The van der Waals surface area contributed by atoms with Gasteiger partial charge >= 0.3 is 0 Å². The summed E-state index contributed by atoms with van der Waals surface area (Å²) in [6, 6.07) is 11.9. The lowest BCUT2D eigenvalue weighted by atomic mass is 10.2. The third-order valence-electron chi connectivity index (χ3n) is 4.37. The van der Waals surface area contributed by atoms with Crippen molar-refractivity contribution in [2.24, 2.45) is 0 Å². The highest BCUT2D eigenvalue weighted by Crippen LogP contribution is 2.23. The van der Waals surface area contributed by atoms with Crippen LogP contribution in [0.4, 0.5) is 17.5 Å². The van der Waals surface area contributed by atoms with Crippen LogP contribution in [-0.2, 0) is 4.74 Å². The highest BCUT2D eigenvalue weighted by Gasteiger charge is 2.10. The Kier molecular flexibility index (Phi) is 5.18. The Morgan fingerprint density at radius 3 is 2.81 bits per heavy atom. The number of hydrogen-bond acceptors (Lipinski definition) is 7. The Morgan fingerprint density at radius 2 is 1.88 bits per heavy atom. The van der Waals surface area contributed by atoms with Gasteiger partial charge in [0.25, 0.3) is 0 Å². The molecule has 1 aromatic carbocycles. The first-order valence-corrected chi connectivity index (χ1v) is 8.86. The van der Waals surface area contributed by atoms with Crippen LogP contribution in [0, 0.1) is 0 Å². The van der Waals surface area contributed by atoms with E-state index in [-0.39, 0.29) is 0 Å². The van der Waals surface area contributed by atoms with Crippen LogP contribution in [0.1, 0.15) is 0 Å². The molecule has 1 saturated heterocycles. The zero-order chi connectivity index (χ0) is 17.6. The summed E-state index contributed by atoms with van der Waals surface area (Å²) in [6.07, 6.45) is 3.55. The van der Waals surface area contributed by atoms with Gasteiger partial charge in [0.15, 0.2) is 0 Å². The maximum Gasteiger partial charge on any atom is 0.224 e. The third kappa shape index (κ3) is 4.07. The molecule has 3 aromatic rings. The summed E-state index contributed by atoms with van der Waals surface area (Å²) in [6.45, 7) is 5.36. The second-order valence-electron chi connectivity index (χ2n) is 6.15. The number of nitrogens with one attached hydrogen (secondary N) is 2. The van der Waals surface area contributed by atoms with Crippen molar-refractivity contribution in [3.05, 3.63) is 48.8 Å². The van der Waals surface area contributed by atoms with Crippen molar-refractivity contribution in [2.45, 2.75) is 0 Å². The number of fused-ring (bicyclic) bond motifs is 1. The van der Waals surface area contributed by atoms with Crippen LogP contribution < -0.4 is 10.6 Å². The summed E-state index contributed by atoms with van der Waals surface area (Å²) in [5.41, 5.74) is 1.86. The molecule has 0 saturated carbocycles. The predicted molar refractivity (Wildman–Crippen MR) is 103 cm³/mol. The van der Waals surface area contributed by atoms with Gasteiger partial charge in [-0.25, -0.2) is 4.98 Å². The molecule has 3 heterocycles. The summed E-state index contributed by atoms with van der Waals surface area (Å²) in [4.78, 5) is 15.7. The van der Waals surface area contributed by atoms with E-state index in [1.165, 1.54) is 0 Å². The maximum atomic E-state index is 5.37. The molecule has 1 aliphatic rings. The van der Waals surface area contributed by atoms with Crippen molar-refractivity contribution >= 4 is 28.4 Å². The molecule has 0 amide bonds. The molecular weight excluding hydrogens is 328 g/mol. The second kappa shape index (κ2) is 8.07. The lowest BCUT2D eigenvalue weighted by Crippen LogP contribution is -2.39. The van der Waals surface area contributed by atoms with Crippen LogP contribution >= 0.6 is 0 Å². The van der Waals surface area contributed by atoms with Crippen molar-refractivity contribution < 1.29 is 4.74 Å². The second-order valence-corrected chi connectivity index (χ2v) is 6.15. The number of anilines is 3. The number of para-hydroxylation sites is 1. The minimum atomic E-state index is 0.622. The van der Waals surface area contributed by atoms with Crippen molar-refractivity contribution in [2.75, 3.05) is 50.0 Å². The lowest BCUT2D eigenvalue weighted by molar-refractivity contribution is 0.0398. The molecule has 1 aliphatic heterocycles. The summed E-state index contributed by atoms with van der Waals surface area (Å²) in [7, 11) is 0. The van der Waals surface area contributed by atoms with Crippen LogP contribution in [0.15, 0.2) is 48.8 Å². The van der Waals surface area contributed by atoms with E-state index in [0.29, 0.717) is 5.95 Å². The van der Waals surface area contributed by atoms with E-state index in [0.717, 1.165) is 61.8 Å². The van der Waals surface area contributed by atoms with E-state index in [2.05, 4.69) is 30.5 Å². The molecule has 0 spiro atoms. The number of nitrogens with zero attached hydrogens (tertiary/aromatic N) is 4. The minimum Gasteiger partial charge on any atom is -0.379 e. The fourth-order valence-corrected chi connectivity index (χ4v) is 3.01. The van der Waals surface area contributed by atoms with Crippen LogP contribution in [0.3, 0.4) is 0 Å². The zero-order valence-corrected chi connectivity index (χ0v) is 14.6. The van der Waals surface area contributed by atoms with E-state index in [1.54, 1.807) is 12.4 Å². The minimum absolute atomic E-state index is 0.622. The molecule has 0 bridgehead atoms. The fraction of sp³-hybridized carbons (Fsp3) is 0.316. The summed E-state index contributed by atoms with van der Waals surface area (Å²) >= 11 is 0. The van der Waals surface area contributed by atoms with Gasteiger partial charge in [0.05, 0.1) is 24.4 Å². The maximum absolute atomic E-state index is 5.37. The van der Waals surface area contributed by atoms with E-state index in [9.17, 15) is 0 Å². The average molecular weight is 350 g/mol. The number of hydrogen-bond donors (Lipinski definition) is 2. The highest BCUT2D eigenvalue weighted by molar-refractivity contribution is 5.91. The number of morpholine rings is 1. The standard InChI is InChI=1S/C19H22N6O/c1-3-15-4-2-7-20-18(15)16(5-1)23-17-6-8-21-19(24-17)22-9-10-25-11-13-26-14-12-25/h1-8H,9-14H2,(H2,21,22,23,24). The van der Waals surface area contributed by atoms with Gasteiger partial charge in [0.1, 0.15) is 5.82 Å². The van der Waals surface area contributed by atoms with Gasteiger partial charge in [0.2, 0.25) is 5.95 Å². The van der Waals surface area contributed by atoms with Gasteiger partial charge in [0, 0.05) is 44.0 Å². The number of rotatable bonds is 6. The Bertz CT molecular complexity index is 860. The summed E-state index contributed by atoms with van der Waals surface area (Å²) in [5, 5.41) is 7.73. The molecule has 0 atom stereocenters. The number of aromatic nitrogens is 3. The van der Waals surface area contributed by atoms with Crippen molar-refractivity contribution in [1.82, 2.24) is 19.9 Å². The Balaban J connectivity index is 1.40. The van der Waals surface area contributed by atoms with E-state index < -0.39 is 0 Å². The Hall–Kier alpha value is -2.77. The van der Waals surface area contributed by atoms with E-state index >= 15 is 0 Å². The molecule has 134 valence electrons. The normalized spacial score (nSPS) is 15.1. The van der Waals surface area contributed by atoms with Crippen LogP contribution in [-0.4, -0.2) is 59.2 Å². The molecule has 0 unspecified atom stereocenters. The molecule has 2 aromatic heterocycles. The van der Waals surface area contributed by atoms with Gasteiger partial charge in [-0.3, -0.25) is 9.88 Å². The number of pyridine rings is 1.